The monoisotopic (exact) mass is 470 g/mol. The van der Waals surface area contributed by atoms with Gasteiger partial charge in [-0.1, -0.05) is 60.7 Å². The summed E-state index contributed by atoms with van der Waals surface area (Å²) in [5.41, 5.74) is 5.87. The SMILES string of the molecule is O=C(O)Cc1cccc(NC(=O)C2CC2CNC(=O)OCC2c3ccccc3-c3ccccc32)c1. The second-order valence-corrected chi connectivity index (χ2v) is 9.07. The number of carbonyl (C=O) groups excluding carboxylic acids is 2. The average Bonchev–Trinajstić information content (AvgIpc) is 3.56. The molecule has 0 heterocycles. The van der Waals surface area contributed by atoms with E-state index in [-0.39, 0.29) is 36.7 Å². The molecule has 7 heteroatoms. The van der Waals surface area contributed by atoms with Crippen molar-refractivity contribution in [2.75, 3.05) is 18.5 Å². The van der Waals surface area contributed by atoms with Gasteiger partial charge in [0.2, 0.25) is 5.91 Å². The van der Waals surface area contributed by atoms with E-state index in [1.54, 1.807) is 24.3 Å². The summed E-state index contributed by atoms with van der Waals surface area (Å²) in [4.78, 5) is 35.8. The Bertz CT molecular complexity index is 1240. The number of benzene rings is 3. The van der Waals surface area contributed by atoms with Gasteiger partial charge in [0.25, 0.3) is 0 Å². The Morgan fingerprint density at radius 3 is 2.29 bits per heavy atom. The van der Waals surface area contributed by atoms with Crippen LogP contribution in [-0.4, -0.2) is 36.2 Å². The zero-order valence-electron chi connectivity index (χ0n) is 19.1. The number of anilines is 1. The van der Waals surface area contributed by atoms with Crippen LogP contribution in [0.15, 0.2) is 72.8 Å². The molecule has 1 saturated carbocycles. The first-order chi connectivity index (χ1) is 17.0. The van der Waals surface area contributed by atoms with Crippen molar-refractivity contribution in [2.45, 2.75) is 18.8 Å². The van der Waals surface area contributed by atoms with Gasteiger partial charge in [-0.25, -0.2) is 4.79 Å². The summed E-state index contributed by atoms with van der Waals surface area (Å²) in [5.74, 6) is -1.18. The minimum Gasteiger partial charge on any atom is -0.481 e. The predicted octanol–water partition coefficient (Wildman–Crippen LogP) is 4.43. The number of carbonyl (C=O) groups is 3. The van der Waals surface area contributed by atoms with Gasteiger partial charge in [-0.3, -0.25) is 9.59 Å². The van der Waals surface area contributed by atoms with Crippen LogP contribution < -0.4 is 10.6 Å². The summed E-state index contributed by atoms with van der Waals surface area (Å²) in [6, 6.07) is 23.2. The highest BCUT2D eigenvalue weighted by Gasteiger charge is 2.43. The summed E-state index contributed by atoms with van der Waals surface area (Å²) < 4.78 is 5.56. The van der Waals surface area contributed by atoms with Crippen LogP contribution in [0.4, 0.5) is 10.5 Å². The number of fused-ring (bicyclic) bond motifs is 3. The number of ether oxygens (including phenoxy) is 1. The molecule has 1 fully saturated rings. The zero-order chi connectivity index (χ0) is 24.4. The van der Waals surface area contributed by atoms with Gasteiger partial charge >= 0.3 is 12.1 Å². The maximum Gasteiger partial charge on any atom is 0.407 e. The van der Waals surface area contributed by atoms with Gasteiger partial charge in [0.1, 0.15) is 6.61 Å². The van der Waals surface area contributed by atoms with E-state index in [9.17, 15) is 14.4 Å². The van der Waals surface area contributed by atoms with Gasteiger partial charge in [0.05, 0.1) is 6.42 Å². The molecule has 0 saturated heterocycles. The topological polar surface area (TPSA) is 105 Å². The molecule has 3 aromatic carbocycles. The summed E-state index contributed by atoms with van der Waals surface area (Å²) in [6.07, 6.45) is 0.101. The first-order valence-corrected chi connectivity index (χ1v) is 11.7. The zero-order valence-corrected chi connectivity index (χ0v) is 19.1. The Morgan fingerprint density at radius 2 is 1.60 bits per heavy atom. The lowest BCUT2D eigenvalue weighted by molar-refractivity contribution is -0.136. The van der Waals surface area contributed by atoms with Crippen molar-refractivity contribution in [3.8, 4) is 11.1 Å². The number of aliphatic carboxylic acids is 1. The van der Waals surface area contributed by atoms with E-state index < -0.39 is 12.1 Å². The van der Waals surface area contributed by atoms with Gasteiger partial charge in [0, 0.05) is 24.1 Å². The van der Waals surface area contributed by atoms with Crippen molar-refractivity contribution in [3.05, 3.63) is 89.5 Å². The maximum atomic E-state index is 12.5. The third kappa shape index (κ3) is 5.04. The highest BCUT2D eigenvalue weighted by molar-refractivity contribution is 5.94. The Hall–Kier alpha value is -4.13. The van der Waals surface area contributed by atoms with Crippen LogP contribution in [0, 0.1) is 11.8 Å². The van der Waals surface area contributed by atoms with E-state index in [1.165, 1.54) is 11.1 Å². The molecule has 2 unspecified atom stereocenters. The van der Waals surface area contributed by atoms with E-state index in [4.69, 9.17) is 9.84 Å². The molecular weight excluding hydrogens is 444 g/mol. The van der Waals surface area contributed by atoms with Gasteiger partial charge in [-0.2, -0.15) is 0 Å². The summed E-state index contributed by atoms with van der Waals surface area (Å²) in [7, 11) is 0. The van der Waals surface area contributed by atoms with Crippen molar-refractivity contribution in [2.24, 2.45) is 11.8 Å². The maximum absolute atomic E-state index is 12.5. The van der Waals surface area contributed by atoms with E-state index >= 15 is 0 Å². The van der Waals surface area contributed by atoms with Crippen LogP contribution in [0.3, 0.4) is 0 Å². The molecule has 3 N–H and O–H groups in total. The first kappa shape index (κ1) is 22.7. The molecule has 2 amide bonds. The summed E-state index contributed by atoms with van der Waals surface area (Å²) in [6.45, 7) is 0.620. The lowest BCUT2D eigenvalue weighted by Crippen LogP contribution is -2.29. The molecule has 0 aromatic heterocycles. The molecule has 0 aliphatic heterocycles. The van der Waals surface area contributed by atoms with Crippen molar-refractivity contribution in [1.29, 1.82) is 0 Å². The van der Waals surface area contributed by atoms with Crippen LogP contribution in [0.25, 0.3) is 11.1 Å². The van der Waals surface area contributed by atoms with Gasteiger partial charge in [-0.15, -0.1) is 0 Å². The Labute approximate surface area is 203 Å². The van der Waals surface area contributed by atoms with Gasteiger partial charge in [-0.05, 0) is 52.3 Å². The minimum atomic E-state index is -0.921. The highest BCUT2D eigenvalue weighted by atomic mass is 16.5. The van der Waals surface area contributed by atoms with E-state index in [0.29, 0.717) is 24.2 Å². The lowest BCUT2D eigenvalue weighted by atomic mass is 9.98. The van der Waals surface area contributed by atoms with Crippen LogP contribution in [0.1, 0.15) is 29.0 Å². The fourth-order valence-electron chi connectivity index (χ4n) is 4.83. The number of carboxylic acid groups (broad SMARTS) is 1. The fraction of sp³-hybridized carbons (Fsp3) is 0.250. The normalized spacial score (nSPS) is 17.7. The molecule has 2 aliphatic rings. The van der Waals surface area contributed by atoms with Crippen molar-refractivity contribution < 1.29 is 24.2 Å². The fourth-order valence-corrected chi connectivity index (χ4v) is 4.83. The standard InChI is InChI=1S/C28H26N2O5/c31-26(32)13-17-6-5-7-19(12-17)30-27(33)24-14-18(24)15-29-28(34)35-16-25-22-10-3-1-8-20(22)21-9-2-4-11-23(21)25/h1-12,18,24-25H,13-16H2,(H,29,34)(H,30,33)(H,31,32). The van der Waals surface area contributed by atoms with Crippen molar-refractivity contribution >= 4 is 23.7 Å². The van der Waals surface area contributed by atoms with Gasteiger partial charge < -0.3 is 20.5 Å². The highest BCUT2D eigenvalue weighted by Crippen LogP contribution is 2.44. The third-order valence-electron chi connectivity index (χ3n) is 6.66. The number of rotatable bonds is 8. The molecule has 3 aromatic rings. The molecular formula is C28H26N2O5. The first-order valence-electron chi connectivity index (χ1n) is 11.7. The number of alkyl carbamates (subject to hydrolysis) is 1. The molecule has 2 atom stereocenters. The van der Waals surface area contributed by atoms with Crippen LogP contribution in [-0.2, 0) is 20.7 Å². The lowest BCUT2D eigenvalue weighted by Gasteiger charge is -2.14. The minimum absolute atomic E-state index is 0.00416. The molecule has 178 valence electrons. The Morgan fingerprint density at radius 1 is 0.914 bits per heavy atom. The Kier molecular flexibility index (Phi) is 6.23. The largest absolute Gasteiger partial charge is 0.481 e. The number of hydrogen-bond acceptors (Lipinski definition) is 4. The van der Waals surface area contributed by atoms with E-state index in [1.807, 2.05) is 24.3 Å². The smallest absolute Gasteiger partial charge is 0.407 e. The number of carboxylic acids is 1. The van der Waals surface area contributed by atoms with Crippen LogP contribution in [0.5, 0.6) is 0 Å². The average molecular weight is 471 g/mol. The van der Waals surface area contributed by atoms with Crippen LogP contribution in [0.2, 0.25) is 0 Å². The predicted molar refractivity (Wildman–Crippen MR) is 131 cm³/mol. The number of amides is 2. The van der Waals surface area contributed by atoms with Crippen LogP contribution >= 0.6 is 0 Å². The summed E-state index contributed by atoms with van der Waals surface area (Å²) >= 11 is 0. The Balaban J connectivity index is 1.09. The number of nitrogens with one attached hydrogen (secondary N) is 2. The van der Waals surface area contributed by atoms with Gasteiger partial charge in [0.15, 0.2) is 0 Å². The molecule has 2 aliphatic carbocycles. The second kappa shape index (κ2) is 9.62. The molecule has 0 radical (unpaired) electrons. The number of hydrogen-bond donors (Lipinski definition) is 3. The van der Waals surface area contributed by atoms with E-state index in [0.717, 1.165) is 11.1 Å². The third-order valence-corrected chi connectivity index (χ3v) is 6.66. The van der Waals surface area contributed by atoms with Crippen molar-refractivity contribution in [3.63, 3.8) is 0 Å². The molecule has 0 spiro atoms. The molecule has 7 nitrogen and oxygen atoms in total. The molecule has 0 bridgehead atoms. The van der Waals surface area contributed by atoms with E-state index in [2.05, 4.69) is 34.9 Å². The van der Waals surface area contributed by atoms with Crippen molar-refractivity contribution in [1.82, 2.24) is 5.32 Å². The molecule has 35 heavy (non-hydrogen) atoms. The second-order valence-electron chi connectivity index (χ2n) is 9.07. The quantitative estimate of drug-likeness (QED) is 0.452. The molecule has 5 rings (SSSR count). The summed E-state index contributed by atoms with van der Waals surface area (Å²) in [5, 5.41) is 14.6.